The van der Waals surface area contributed by atoms with Crippen LogP contribution in [0.4, 0.5) is 0 Å². The maximum Gasteiger partial charge on any atom is 0.150 e. The van der Waals surface area contributed by atoms with Crippen LogP contribution in [-0.4, -0.2) is 36.2 Å². The lowest BCUT2D eigenvalue weighted by atomic mass is 9.97. The summed E-state index contributed by atoms with van der Waals surface area (Å²) in [4.78, 5) is 2.46. The standard InChI is InChI=1S/C13H23N3O/c1-3-14-9-12-4-6-16(7-5-12)10-13-8-11(2)15-17-13/h8,12,14H,3-7,9-10H2,1-2H3. The Morgan fingerprint density at radius 3 is 2.82 bits per heavy atom. The summed E-state index contributed by atoms with van der Waals surface area (Å²) >= 11 is 0. The first kappa shape index (κ1) is 12.6. The molecule has 4 heteroatoms. The molecule has 1 fully saturated rings. The van der Waals surface area contributed by atoms with Crippen molar-refractivity contribution in [3.63, 3.8) is 0 Å². The average molecular weight is 237 g/mol. The molecule has 1 aliphatic heterocycles. The van der Waals surface area contributed by atoms with Crippen molar-refractivity contribution in [2.75, 3.05) is 26.2 Å². The predicted molar refractivity (Wildman–Crippen MR) is 67.8 cm³/mol. The van der Waals surface area contributed by atoms with Gasteiger partial charge in [-0.25, -0.2) is 0 Å². The average Bonchev–Trinajstić information content (AvgIpc) is 2.74. The molecule has 2 rings (SSSR count). The zero-order chi connectivity index (χ0) is 12.1. The molecule has 96 valence electrons. The zero-order valence-corrected chi connectivity index (χ0v) is 10.9. The van der Waals surface area contributed by atoms with Gasteiger partial charge in [-0.15, -0.1) is 0 Å². The topological polar surface area (TPSA) is 41.3 Å². The van der Waals surface area contributed by atoms with Gasteiger partial charge in [-0.3, -0.25) is 4.90 Å². The highest BCUT2D eigenvalue weighted by molar-refractivity contribution is 5.02. The van der Waals surface area contributed by atoms with Gasteiger partial charge in [0.25, 0.3) is 0 Å². The maximum atomic E-state index is 5.25. The van der Waals surface area contributed by atoms with Crippen LogP contribution >= 0.6 is 0 Å². The first-order valence-corrected chi connectivity index (χ1v) is 6.63. The molecule has 17 heavy (non-hydrogen) atoms. The molecular formula is C13H23N3O. The number of hydrogen-bond donors (Lipinski definition) is 1. The summed E-state index contributed by atoms with van der Waals surface area (Å²) in [5.74, 6) is 1.84. The van der Waals surface area contributed by atoms with Crippen LogP contribution in [0.25, 0.3) is 0 Å². The molecular weight excluding hydrogens is 214 g/mol. The first-order chi connectivity index (χ1) is 8.28. The lowest BCUT2D eigenvalue weighted by molar-refractivity contribution is 0.160. The lowest BCUT2D eigenvalue weighted by Crippen LogP contribution is -2.36. The van der Waals surface area contributed by atoms with Gasteiger partial charge >= 0.3 is 0 Å². The van der Waals surface area contributed by atoms with E-state index in [-0.39, 0.29) is 0 Å². The molecule has 1 aromatic rings. The number of piperidine rings is 1. The van der Waals surface area contributed by atoms with Gasteiger partial charge in [0.1, 0.15) is 0 Å². The summed E-state index contributed by atoms with van der Waals surface area (Å²) in [6, 6.07) is 2.03. The summed E-state index contributed by atoms with van der Waals surface area (Å²) in [7, 11) is 0. The van der Waals surface area contributed by atoms with E-state index < -0.39 is 0 Å². The van der Waals surface area contributed by atoms with Crippen LogP contribution in [0.5, 0.6) is 0 Å². The third kappa shape index (κ3) is 3.82. The normalized spacial score (nSPS) is 18.7. The first-order valence-electron chi connectivity index (χ1n) is 6.63. The second-order valence-electron chi connectivity index (χ2n) is 4.96. The van der Waals surface area contributed by atoms with E-state index in [9.17, 15) is 0 Å². The monoisotopic (exact) mass is 237 g/mol. The minimum atomic E-state index is 0.850. The van der Waals surface area contributed by atoms with Crippen LogP contribution in [-0.2, 0) is 6.54 Å². The van der Waals surface area contributed by atoms with Gasteiger partial charge in [-0.2, -0.15) is 0 Å². The highest BCUT2D eigenvalue weighted by atomic mass is 16.5. The number of hydrogen-bond acceptors (Lipinski definition) is 4. The number of aryl methyl sites for hydroxylation is 1. The molecule has 0 unspecified atom stereocenters. The van der Waals surface area contributed by atoms with Gasteiger partial charge in [0.05, 0.1) is 12.2 Å². The quantitative estimate of drug-likeness (QED) is 0.848. The van der Waals surface area contributed by atoms with Gasteiger partial charge in [-0.1, -0.05) is 12.1 Å². The molecule has 0 aromatic carbocycles. The Bertz CT molecular complexity index is 329. The molecule has 1 saturated heterocycles. The number of nitrogens with zero attached hydrogens (tertiary/aromatic N) is 2. The van der Waals surface area contributed by atoms with Crippen LogP contribution in [0.15, 0.2) is 10.6 Å². The van der Waals surface area contributed by atoms with Crippen molar-refractivity contribution in [1.82, 2.24) is 15.4 Å². The van der Waals surface area contributed by atoms with Crippen LogP contribution in [0.1, 0.15) is 31.2 Å². The minimum Gasteiger partial charge on any atom is -0.360 e. The van der Waals surface area contributed by atoms with Gasteiger partial charge in [0.15, 0.2) is 5.76 Å². The Hall–Kier alpha value is -0.870. The summed E-state index contributed by atoms with van der Waals surface area (Å²) in [5, 5.41) is 7.36. The highest BCUT2D eigenvalue weighted by Gasteiger charge is 2.19. The largest absolute Gasteiger partial charge is 0.360 e. The molecule has 0 atom stereocenters. The fourth-order valence-electron chi connectivity index (χ4n) is 2.41. The van der Waals surface area contributed by atoms with E-state index in [1.54, 1.807) is 0 Å². The molecule has 1 aromatic heterocycles. The molecule has 2 heterocycles. The Kier molecular flexibility index (Phi) is 4.57. The van der Waals surface area contributed by atoms with E-state index in [2.05, 4.69) is 22.3 Å². The van der Waals surface area contributed by atoms with Gasteiger partial charge in [0, 0.05) is 6.07 Å². The minimum absolute atomic E-state index is 0.850. The van der Waals surface area contributed by atoms with Crippen molar-refractivity contribution in [1.29, 1.82) is 0 Å². The van der Waals surface area contributed by atoms with Gasteiger partial charge in [-0.05, 0) is 51.9 Å². The fourth-order valence-corrected chi connectivity index (χ4v) is 2.41. The number of nitrogens with one attached hydrogen (secondary N) is 1. The van der Waals surface area contributed by atoms with Crippen molar-refractivity contribution in [2.24, 2.45) is 5.92 Å². The number of rotatable bonds is 5. The van der Waals surface area contributed by atoms with Crippen molar-refractivity contribution in [2.45, 2.75) is 33.2 Å². The van der Waals surface area contributed by atoms with Crippen molar-refractivity contribution < 1.29 is 4.52 Å². The van der Waals surface area contributed by atoms with E-state index in [0.29, 0.717) is 0 Å². The van der Waals surface area contributed by atoms with Gasteiger partial charge < -0.3 is 9.84 Å². The van der Waals surface area contributed by atoms with Crippen molar-refractivity contribution >= 4 is 0 Å². The molecule has 0 aliphatic carbocycles. The Morgan fingerprint density at radius 2 is 2.24 bits per heavy atom. The molecule has 1 N–H and O–H groups in total. The smallest absolute Gasteiger partial charge is 0.150 e. The van der Waals surface area contributed by atoms with E-state index in [4.69, 9.17) is 4.52 Å². The summed E-state index contributed by atoms with van der Waals surface area (Å²) in [5.41, 5.74) is 0.974. The lowest BCUT2D eigenvalue weighted by Gasteiger charge is -2.31. The Labute approximate surface area is 103 Å². The van der Waals surface area contributed by atoms with Crippen LogP contribution in [0, 0.1) is 12.8 Å². The Morgan fingerprint density at radius 1 is 1.47 bits per heavy atom. The molecule has 0 amide bonds. The third-order valence-electron chi connectivity index (χ3n) is 3.45. The number of likely N-dealkylation sites (tertiary alicyclic amines) is 1. The van der Waals surface area contributed by atoms with Crippen molar-refractivity contribution in [3.05, 3.63) is 17.5 Å². The fraction of sp³-hybridized carbons (Fsp3) is 0.769. The van der Waals surface area contributed by atoms with E-state index in [1.165, 1.54) is 32.5 Å². The van der Waals surface area contributed by atoms with E-state index in [1.807, 2.05) is 13.0 Å². The molecule has 0 saturated carbocycles. The number of aromatic nitrogens is 1. The molecule has 4 nitrogen and oxygen atoms in total. The zero-order valence-electron chi connectivity index (χ0n) is 10.9. The van der Waals surface area contributed by atoms with Crippen LogP contribution in [0.2, 0.25) is 0 Å². The molecule has 0 bridgehead atoms. The van der Waals surface area contributed by atoms with Crippen molar-refractivity contribution in [3.8, 4) is 0 Å². The van der Waals surface area contributed by atoms with Crippen LogP contribution in [0.3, 0.4) is 0 Å². The predicted octanol–water partition coefficient (Wildman–Crippen LogP) is 1.80. The van der Waals surface area contributed by atoms with E-state index >= 15 is 0 Å². The molecule has 0 radical (unpaired) electrons. The molecule has 1 aliphatic rings. The summed E-state index contributed by atoms with van der Waals surface area (Å²) in [6.07, 6.45) is 2.58. The second-order valence-corrected chi connectivity index (χ2v) is 4.96. The Balaban J connectivity index is 1.72. The second kappa shape index (κ2) is 6.17. The maximum absolute atomic E-state index is 5.25. The van der Waals surface area contributed by atoms with Crippen LogP contribution < -0.4 is 5.32 Å². The summed E-state index contributed by atoms with van der Waals surface area (Å²) < 4.78 is 5.25. The van der Waals surface area contributed by atoms with Gasteiger partial charge in [0.2, 0.25) is 0 Å². The third-order valence-corrected chi connectivity index (χ3v) is 3.45. The molecule has 0 spiro atoms. The van der Waals surface area contributed by atoms with E-state index in [0.717, 1.165) is 30.5 Å². The summed E-state index contributed by atoms with van der Waals surface area (Å²) in [6.45, 7) is 9.65. The SMILES string of the molecule is CCNCC1CCN(Cc2cc(C)no2)CC1. The highest BCUT2D eigenvalue weighted by Crippen LogP contribution is 2.18.